The van der Waals surface area contributed by atoms with Gasteiger partial charge in [0.2, 0.25) is 0 Å². The van der Waals surface area contributed by atoms with Crippen molar-refractivity contribution in [1.82, 2.24) is 0 Å². The normalized spacial score (nSPS) is 12.3. The first-order chi connectivity index (χ1) is 33.5. The Bertz CT molecular complexity index is 1190. The third-order valence-corrected chi connectivity index (χ3v) is 13.0. The van der Waals surface area contributed by atoms with Crippen molar-refractivity contribution in [2.24, 2.45) is 0 Å². The molecule has 0 aromatic heterocycles. The smallest absolute Gasteiger partial charge is 0.306 e. The largest absolute Gasteiger partial charge is 0.462 e. The third-order valence-electron chi connectivity index (χ3n) is 13.0. The Labute approximate surface area is 422 Å². The Morgan fingerprint density at radius 3 is 0.838 bits per heavy atom. The molecule has 0 rings (SSSR count). The summed E-state index contributed by atoms with van der Waals surface area (Å²) in [6.45, 7) is 6.62. The van der Waals surface area contributed by atoms with E-state index >= 15 is 0 Å². The highest BCUT2D eigenvalue weighted by Gasteiger charge is 2.19. The van der Waals surface area contributed by atoms with E-state index in [4.69, 9.17) is 14.2 Å². The van der Waals surface area contributed by atoms with Gasteiger partial charge in [0, 0.05) is 19.3 Å². The van der Waals surface area contributed by atoms with Crippen LogP contribution < -0.4 is 0 Å². The number of carbonyl (C=O) groups is 3. The molecule has 0 saturated heterocycles. The van der Waals surface area contributed by atoms with Gasteiger partial charge in [-0.25, -0.2) is 0 Å². The summed E-state index contributed by atoms with van der Waals surface area (Å²) in [5, 5.41) is 0. The molecule has 0 aromatic carbocycles. The molecule has 0 amide bonds. The highest BCUT2D eigenvalue weighted by molar-refractivity contribution is 5.71. The molecule has 0 aliphatic carbocycles. The van der Waals surface area contributed by atoms with Crippen LogP contribution in [0.5, 0.6) is 0 Å². The molecule has 0 radical (unpaired) electrons. The lowest BCUT2D eigenvalue weighted by molar-refractivity contribution is -0.167. The monoisotopic (exact) mass is 953 g/mol. The zero-order valence-electron chi connectivity index (χ0n) is 45.4. The van der Waals surface area contributed by atoms with E-state index in [9.17, 15) is 14.4 Å². The number of allylic oxidation sites excluding steroid dienone is 8. The van der Waals surface area contributed by atoms with E-state index in [1.807, 2.05) is 0 Å². The van der Waals surface area contributed by atoms with Crippen LogP contribution in [-0.2, 0) is 28.6 Å². The van der Waals surface area contributed by atoms with Crippen LogP contribution in [0.3, 0.4) is 0 Å². The van der Waals surface area contributed by atoms with Crippen molar-refractivity contribution < 1.29 is 28.6 Å². The highest BCUT2D eigenvalue weighted by Crippen LogP contribution is 2.16. The van der Waals surface area contributed by atoms with Gasteiger partial charge in [-0.05, 0) is 103 Å². The topological polar surface area (TPSA) is 78.9 Å². The van der Waals surface area contributed by atoms with Crippen molar-refractivity contribution in [2.45, 2.75) is 316 Å². The molecule has 68 heavy (non-hydrogen) atoms. The lowest BCUT2D eigenvalue weighted by Crippen LogP contribution is -2.30. The molecule has 1 unspecified atom stereocenters. The molecule has 6 nitrogen and oxygen atoms in total. The Hall–Kier alpha value is -2.63. The maximum Gasteiger partial charge on any atom is 0.306 e. The summed E-state index contributed by atoms with van der Waals surface area (Å²) in [7, 11) is 0. The second-order valence-corrected chi connectivity index (χ2v) is 19.9. The first kappa shape index (κ1) is 65.4. The summed E-state index contributed by atoms with van der Waals surface area (Å²) in [6.07, 6.45) is 69.5. The number of carbonyl (C=O) groups excluding carboxylic acids is 3. The van der Waals surface area contributed by atoms with Gasteiger partial charge in [-0.1, -0.05) is 236 Å². The van der Waals surface area contributed by atoms with Gasteiger partial charge in [0.25, 0.3) is 0 Å². The molecule has 1 atom stereocenters. The van der Waals surface area contributed by atoms with E-state index in [-0.39, 0.29) is 31.1 Å². The number of rotatable bonds is 54. The Morgan fingerprint density at radius 2 is 0.529 bits per heavy atom. The molecule has 0 fully saturated rings. The van der Waals surface area contributed by atoms with E-state index in [0.29, 0.717) is 19.3 Å². The standard InChI is InChI=1S/C62H112O6/c1-4-7-10-13-16-19-22-25-27-29-31-33-34-37-40-43-46-49-52-55-61(64)67-58-59(57-66-60(63)54-51-48-45-42-39-36-24-21-18-15-12-9-6-3)68-62(65)56-53-50-47-44-41-38-35-32-30-28-26-23-20-17-14-11-8-5-2/h20-21,23-25,27-28,30,59H,4-19,22,26,29,31-58H2,1-3H3/b23-20-,24-21-,27-25-,30-28-. The maximum atomic E-state index is 12.9. The van der Waals surface area contributed by atoms with Gasteiger partial charge >= 0.3 is 17.9 Å². The summed E-state index contributed by atoms with van der Waals surface area (Å²) in [5.74, 6) is -0.883. The minimum atomic E-state index is -0.781. The SMILES string of the molecule is CCCCCC/C=C\C/C=C\CCCCCCCCCC(=O)OC(COC(=O)CCCCCCC/C=C\CCCCCC)COC(=O)CCCCCCCCCCC/C=C\CCCCCCCC. The fourth-order valence-electron chi connectivity index (χ4n) is 8.52. The Kier molecular flexibility index (Phi) is 54.8. The molecule has 0 aliphatic rings. The van der Waals surface area contributed by atoms with Crippen LogP contribution in [0.25, 0.3) is 0 Å². The fraction of sp³-hybridized carbons (Fsp3) is 0.823. The molecule has 0 spiro atoms. The summed E-state index contributed by atoms with van der Waals surface area (Å²) >= 11 is 0. The summed E-state index contributed by atoms with van der Waals surface area (Å²) in [6, 6.07) is 0. The number of esters is 3. The van der Waals surface area contributed by atoms with Crippen LogP contribution in [0.15, 0.2) is 48.6 Å². The fourth-order valence-corrected chi connectivity index (χ4v) is 8.52. The van der Waals surface area contributed by atoms with Crippen LogP contribution in [-0.4, -0.2) is 37.2 Å². The van der Waals surface area contributed by atoms with Gasteiger partial charge in [-0.2, -0.15) is 0 Å². The Morgan fingerprint density at radius 1 is 0.294 bits per heavy atom. The van der Waals surface area contributed by atoms with E-state index < -0.39 is 6.10 Å². The molecule has 0 N–H and O–H groups in total. The summed E-state index contributed by atoms with van der Waals surface area (Å²) in [4.78, 5) is 38.2. The molecule has 0 heterocycles. The molecule has 0 aliphatic heterocycles. The highest BCUT2D eigenvalue weighted by atomic mass is 16.6. The first-order valence-electron chi connectivity index (χ1n) is 29.6. The summed E-state index contributed by atoms with van der Waals surface area (Å²) < 4.78 is 16.9. The number of unbranched alkanes of at least 4 members (excludes halogenated alkanes) is 35. The van der Waals surface area contributed by atoms with Crippen molar-refractivity contribution in [3.8, 4) is 0 Å². The van der Waals surface area contributed by atoms with Gasteiger partial charge in [-0.15, -0.1) is 0 Å². The zero-order chi connectivity index (χ0) is 49.3. The van der Waals surface area contributed by atoms with Gasteiger partial charge in [0.1, 0.15) is 13.2 Å². The van der Waals surface area contributed by atoms with E-state index in [1.165, 1.54) is 193 Å². The van der Waals surface area contributed by atoms with Crippen LogP contribution in [0.4, 0.5) is 0 Å². The predicted molar refractivity (Wildman–Crippen MR) is 293 cm³/mol. The van der Waals surface area contributed by atoms with Crippen molar-refractivity contribution in [3.05, 3.63) is 48.6 Å². The van der Waals surface area contributed by atoms with Gasteiger partial charge in [0.15, 0.2) is 6.10 Å². The van der Waals surface area contributed by atoms with Crippen molar-refractivity contribution in [2.75, 3.05) is 13.2 Å². The van der Waals surface area contributed by atoms with Gasteiger partial charge in [0.05, 0.1) is 0 Å². The van der Waals surface area contributed by atoms with Crippen LogP contribution in [0.2, 0.25) is 0 Å². The average Bonchev–Trinajstić information content (AvgIpc) is 3.34. The Balaban J connectivity index is 4.36. The zero-order valence-corrected chi connectivity index (χ0v) is 45.4. The lowest BCUT2D eigenvalue weighted by Gasteiger charge is -2.18. The van der Waals surface area contributed by atoms with Crippen LogP contribution >= 0.6 is 0 Å². The average molecular weight is 954 g/mol. The van der Waals surface area contributed by atoms with Crippen molar-refractivity contribution in [3.63, 3.8) is 0 Å². The minimum Gasteiger partial charge on any atom is -0.462 e. The van der Waals surface area contributed by atoms with E-state index in [2.05, 4.69) is 69.4 Å². The van der Waals surface area contributed by atoms with E-state index in [0.717, 1.165) is 77.0 Å². The number of hydrogen-bond donors (Lipinski definition) is 0. The molecule has 0 bridgehead atoms. The molecule has 0 saturated carbocycles. The summed E-state index contributed by atoms with van der Waals surface area (Å²) in [5.41, 5.74) is 0. The second-order valence-electron chi connectivity index (χ2n) is 19.9. The predicted octanol–water partition coefficient (Wildman–Crippen LogP) is 19.8. The molecule has 396 valence electrons. The third kappa shape index (κ3) is 54.3. The number of ether oxygens (including phenoxy) is 3. The quantitative estimate of drug-likeness (QED) is 0.0262. The van der Waals surface area contributed by atoms with Crippen molar-refractivity contribution >= 4 is 17.9 Å². The maximum absolute atomic E-state index is 12.9. The number of hydrogen-bond acceptors (Lipinski definition) is 6. The van der Waals surface area contributed by atoms with E-state index in [1.54, 1.807) is 0 Å². The van der Waals surface area contributed by atoms with Crippen LogP contribution in [0, 0.1) is 0 Å². The molecule has 0 aromatic rings. The van der Waals surface area contributed by atoms with Crippen LogP contribution in [0.1, 0.15) is 310 Å². The second kappa shape index (κ2) is 57.0. The minimum absolute atomic E-state index is 0.0784. The lowest BCUT2D eigenvalue weighted by atomic mass is 10.1. The molecular weight excluding hydrogens is 841 g/mol. The molecular formula is C62H112O6. The van der Waals surface area contributed by atoms with Gasteiger partial charge < -0.3 is 14.2 Å². The molecule has 6 heteroatoms. The van der Waals surface area contributed by atoms with Gasteiger partial charge in [-0.3, -0.25) is 14.4 Å². The van der Waals surface area contributed by atoms with Crippen molar-refractivity contribution in [1.29, 1.82) is 0 Å². The first-order valence-corrected chi connectivity index (χ1v) is 29.6.